The number of nitrogens with two attached hydrogens (primary N) is 1. The molecule has 2 aliphatic rings. The molecule has 3 N–H and O–H groups in total. The second-order valence-electron chi connectivity index (χ2n) is 6.35. The Hall–Kier alpha value is -0.840. The Balaban J connectivity index is 1.67. The van der Waals surface area contributed by atoms with Crippen molar-refractivity contribution in [2.45, 2.75) is 38.4 Å². The van der Waals surface area contributed by atoms with Crippen molar-refractivity contribution in [3.63, 3.8) is 0 Å². The van der Waals surface area contributed by atoms with Crippen LogP contribution in [-0.2, 0) is 25.6 Å². The molecule has 12 heteroatoms. The van der Waals surface area contributed by atoms with Crippen LogP contribution < -0.4 is 5.73 Å². The van der Waals surface area contributed by atoms with Crippen molar-refractivity contribution < 1.29 is 18.9 Å². The number of rotatable bonds is 4. The van der Waals surface area contributed by atoms with Crippen LogP contribution >= 0.6 is 18.2 Å². The van der Waals surface area contributed by atoms with Gasteiger partial charge in [-0.2, -0.15) is 0 Å². The predicted octanol–water partition coefficient (Wildman–Crippen LogP) is 1.91. The molecule has 2 aromatic heterocycles. The molecule has 0 radical (unpaired) electrons. The van der Waals surface area contributed by atoms with Crippen LogP contribution in [0.3, 0.4) is 0 Å². The first-order valence-electron chi connectivity index (χ1n) is 8.69. The van der Waals surface area contributed by atoms with E-state index in [-0.39, 0.29) is 11.9 Å². The molecule has 0 aliphatic carbocycles. The molecule has 0 spiro atoms. The molecule has 9 nitrogen and oxygen atoms in total. The summed E-state index contributed by atoms with van der Waals surface area (Å²) >= 11 is 12.0. The van der Waals surface area contributed by atoms with Gasteiger partial charge in [-0.05, 0) is 29.5 Å². The van der Waals surface area contributed by atoms with E-state index >= 15 is 0 Å². The Labute approximate surface area is 166 Å². The molecular weight excluding hydrogens is 413 g/mol. The average Bonchev–Trinajstić information content (AvgIpc) is 3.13. The maximum absolute atomic E-state index is 10.9. The lowest BCUT2D eigenvalue weighted by atomic mass is 10.1. The van der Waals surface area contributed by atoms with Crippen LogP contribution in [-0.4, -0.2) is 62.3 Å². The third-order valence-corrected chi connectivity index (χ3v) is 8.64. The molecule has 0 amide bonds. The summed E-state index contributed by atoms with van der Waals surface area (Å²) in [5, 5.41) is 11.1. The van der Waals surface area contributed by atoms with Crippen LogP contribution in [0.15, 0.2) is 12.3 Å². The largest absolute Gasteiger partial charge is 0.397 e. The third kappa shape index (κ3) is 3.08. The minimum absolute atomic E-state index is 0.127. The molecule has 2 saturated heterocycles. The number of imidazole rings is 1. The van der Waals surface area contributed by atoms with Gasteiger partial charge in [0.25, 0.3) is 6.64 Å². The van der Waals surface area contributed by atoms with Crippen molar-refractivity contribution in [2.24, 2.45) is 0 Å². The molecule has 27 heavy (non-hydrogen) atoms. The summed E-state index contributed by atoms with van der Waals surface area (Å²) in [5.74, 6) is 0. The quantitative estimate of drug-likeness (QED) is 0.699. The number of fused-ring (bicyclic) bond motifs is 2. The van der Waals surface area contributed by atoms with E-state index in [1.165, 1.54) is 4.57 Å². The zero-order chi connectivity index (χ0) is 19.3. The van der Waals surface area contributed by atoms with Crippen molar-refractivity contribution in [2.75, 3.05) is 25.4 Å². The first-order chi connectivity index (χ1) is 12.9. The molecule has 4 heterocycles. The third-order valence-electron chi connectivity index (χ3n) is 4.86. The van der Waals surface area contributed by atoms with Gasteiger partial charge in [-0.1, -0.05) is 13.8 Å². The monoisotopic (exact) mass is 433 g/mol. The average molecular weight is 434 g/mol. The fraction of sp³-hybridized carbons (Fsp3) is 0.600. The van der Waals surface area contributed by atoms with Crippen LogP contribution in [0.25, 0.3) is 11.2 Å². The minimum atomic E-state index is -2.67. The van der Waals surface area contributed by atoms with Gasteiger partial charge in [0.1, 0.15) is 23.8 Å². The molecule has 5 atom stereocenters. The zero-order valence-electron chi connectivity index (χ0n) is 14.9. The Morgan fingerprint density at radius 2 is 2.22 bits per heavy atom. The second kappa shape index (κ2) is 7.20. The summed E-state index contributed by atoms with van der Waals surface area (Å²) in [5.41, 5.74) is 7.29. The number of ether oxygens (including phenoxy) is 1. The lowest BCUT2D eigenvalue weighted by molar-refractivity contribution is -0.0575. The van der Waals surface area contributed by atoms with Gasteiger partial charge >= 0.3 is 0 Å². The van der Waals surface area contributed by atoms with Crippen LogP contribution in [0.2, 0.25) is 5.28 Å². The van der Waals surface area contributed by atoms with Gasteiger partial charge in [-0.25, -0.2) is 14.6 Å². The van der Waals surface area contributed by atoms with Crippen LogP contribution in [0.1, 0.15) is 20.1 Å². The van der Waals surface area contributed by atoms with Crippen LogP contribution in [0.5, 0.6) is 0 Å². The molecule has 0 aromatic carbocycles. The number of halogens is 1. The number of nitrogens with zero attached hydrogens (tertiary/aromatic N) is 4. The summed E-state index contributed by atoms with van der Waals surface area (Å²) in [4.78, 5) is 8.54. The fourth-order valence-electron chi connectivity index (χ4n) is 3.47. The summed E-state index contributed by atoms with van der Waals surface area (Å²) < 4.78 is 21.5. The Morgan fingerprint density at radius 3 is 2.93 bits per heavy atom. The first-order valence-corrected chi connectivity index (χ1v) is 11.7. The highest BCUT2D eigenvalue weighted by Gasteiger charge is 2.52. The van der Waals surface area contributed by atoms with Crippen molar-refractivity contribution in [3.05, 3.63) is 17.5 Å². The van der Waals surface area contributed by atoms with Crippen LogP contribution in [0.4, 0.5) is 5.69 Å². The van der Waals surface area contributed by atoms with E-state index in [1.807, 2.05) is 18.5 Å². The smallest absolute Gasteiger partial charge is 0.264 e. The SMILES string of the molecule is CCN(CC)P1(=S)OC[C@H]2O[C@@H](n3c(Cl)nc4c(N)ccnc43)C(O)C2O1. The van der Waals surface area contributed by atoms with Gasteiger partial charge < -0.3 is 24.6 Å². The van der Waals surface area contributed by atoms with E-state index in [4.69, 9.17) is 42.9 Å². The molecule has 3 unspecified atom stereocenters. The molecule has 2 fully saturated rings. The predicted molar refractivity (Wildman–Crippen MR) is 105 cm³/mol. The molecule has 2 aliphatic heterocycles. The van der Waals surface area contributed by atoms with Crippen molar-refractivity contribution in [3.8, 4) is 0 Å². The number of aliphatic hydroxyl groups excluding tert-OH is 1. The van der Waals surface area contributed by atoms with Gasteiger partial charge in [0.2, 0.25) is 5.28 Å². The van der Waals surface area contributed by atoms with Gasteiger partial charge in [0, 0.05) is 19.3 Å². The number of nitrogen functional groups attached to an aromatic ring is 1. The lowest BCUT2D eigenvalue weighted by Gasteiger charge is -2.39. The first kappa shape index (κ1) is 19.5. The number of hydrogen-bond acceptors (Lipinski definition) is 8. The van der Waals surface area contributed by atoms with Gasteiger partial charge in [-0.3, -0.25) is 4.57 Å². The van der Waals surface area contributed by atoms with Crippen molar-refractivity contribution in [1.82, 2.24) is 19.2 Å². The number of hydrogen-bond donors (Lipinski definition) is 2. The highest BCUT2D eigenvalue weighted by Crippen LogP contribution is 2.58. The fourth-order valence-corrected chi connectivity index (χ4v) is 6.86. The maximum Gasteiger partial charge on any atom is 0.264 e. The molecule has 0 bridgehead atoms. The summed E-state index contributed by atoms with van der Waals surface area (Å²) in [6, 6.07) is 1.64. The Bertz CT molecular complexity index is 910. The van der Waals surface area contributed by atoms with Gasteiger partial charge in [0.15, 0.2) is 11.9 Å². The highest BCUT2D eigenvalue weighted by molar-refractivity contribution is 8.08. The molecule has 0 saturated carbocycles. The zero-order valence-corrected chi connectivity index (χ0v) is 17.3. The van der Waals surface area contributed by atoms with E-state index in [0.717, 1.165) is 0 Å². The van der Waals surface area contributed by atoms with Crippen LogP contribution in [0, 0.1) is 0 Å². The summed E-state index contributed by atoms with van der Waals surface area (Å²) in [6.45, 7) is 2.96. The molecule has 2 aromatic rings. The number of aromatic nitrogens is 3. The summed E-state index contributed by atoms with van der Waals surface area (Å²) in [7, 11) is 0. The molecule has 4 rings (SSSR count). The highest BCUT2D eigenvalue weighted by atomic mass is 35.5. The van der Waals surface area contributed by atoms with Gasteiger partial charge in [-0.15, -0.1) is 0 Å². The lowest BCUT2D eigenvalue weighted by Crippen LogP contribution is -2.42. The molecular formula is C15H21ClN5O4PS. The Kier molecular flexibility index (Phi) is 5.19. The molecule has 148 valence electrons. The summed E-state index contributed by atoms with van der Waals surface area (Å²) in [6.07, 6.45) is -1.36. The minimum Gasteiger partial charge on any atom is -0.397 e. The number of anilines is 1. The van der Waals surface area contributed by atoms with E-state index in [1.54, 1.807) is 12.3 Å². The van der Waals surface area contributed by atoms with E-state index < -0.39 is 31.2 Å². The van der Waals surface area contributed by atoms with E-state index in [2.05, 4.69) is 9.97 Å². The standard InChI is InChI=1S/C15H21ClN5O4PS/c1-3-20(4-2)26(27)23-7-9-12(25-26)11(22)14(24-9)21-13-10(19-15(21)16)8(17)5-6-18-13/h5-6,9,11-12,14,22H,3-4,7H2,1-2H3,(H2,17,18)/t9-,11?,12?,14-,26?/m1/s1. The second-order valence-corrected chi connectivity index (χ2v) is 10.0. The topological polar surface area (TPSA) is 108 Å². The number of pyridine rings is 1. The van der Waals surface area contributed by atoms with Crippen molar-refractivity contribution >= 4 is 46.9 Å². The van der Waals surface area contributed by atoms with Crippen molar-refractivity contribution in [1.29, 1.82) is 0 Å². The van der Waals surface area contributed by atoms with E-state index in [9.17, 15) is 5.11 Å². The normalized spacial score (nSPS) is 33.7. The van der Waals surface area contributed by atoms with E-state index in [0.29, 0.717) is 29.9 Å². The van der Waals surface area contributed by atoms with Gasteiger partial charge in [0.05, 0.1) is 12.3 Å². The Morgan fingerprint density at radius 1 is 1.48 bits per heavy atom. The maximum atomic E-state index is 10.9. The number of aliphatic hydroxyl groups is 1.